The zero-order chi connectivity index (χ0) is 15.1. The largest absolute Gasteiger partial charge is 0.352 e. The van der Waals surface area contributed by atoms with E-state index in [0.717, 1.165) is 0 Å². The van der Waals surface area contributed by atoms with Gasteiger partial charge in [-0.25, -0.2) is 4.79 Å². The molecule has 5 N–H and O–H groups in total. The first-order valence-corrected chi connectivity index (χ1v) is 6.13. The number of nitrogens with two attached hydrogens (primary N) is 1. The number of primary amides is 1. The topological polar surface area (TPSA) is 113 Å². The lowest BCUT2D eigenvalue weighted by Gasteiger charge is -2.20. The lowest BCUT2D eigenvalue weighted by Crippen LogP contribution is -2.55. The molecule has 0 fully saturated rings. The van der Waals surface area contributed by atoms with Crippen LogP contribution in [0, 0.1) is 5.92 Å². The fourth-order valence-corrected chi connectivity index (χ4v) is 1.55. The van der Waals surface area contributed by atoms with Gasteiger partial charge in [0.25, 0.3) is 11.8 Å². The highest BCUT2D eigenvalue weighted by Crippen LogP contribution is 2.01. The summed E-state index contributed by atoms with van der Waals surface area (Å²) in [4.78, 5) is 34.4. The van der Waals surface area contributed by atoms with Crippen molar-refractivity contribution >= 4 is 17.8 Å². The second kappa shape index (κ2) is 7.13. The highest BCUT2D eigenvalue weighted by atomic mass is 16.2. The van der Waals surface area contributed by atoms with Crippen molar-refractivity contribution in [3.05, 3.63) is 35.9 Å². The summed E-state index contributed by atoms with van der Waals surface area (Å²) in [6.07, 6.45) is 0. The van der Waals surface area contributed by atoms with Gasteiger partial charge in [-0.3, -0.25) is 20.4 Å². The maximum Gasteiger partial charge on any atom is 0.312 e. The molecule has 0 aromatic heterocycles. The Morgan fingerprint density at radius 1 is 1.05 bits per heavy atom. The van der Waals surface area contributed by atoms with E-state index in [9.17, 15) is 14.4 Å². The molecule has 1 aromatic carbocycles. The summed E-state index contributed by atoms with van der Waals surface area (Å²) >= 11 is 0. The van der Waals surface area contributed by atoms with E-state index >= 15 is 0 Å². The van der Waals surface area contributed by atoms with Gasteiger partial charge in [0.2, 0.25) is 0 Å². The van der Waals surface area contributed by atoms with Crippen molar-refractivity contribution in [3.8, 4) is 0 Å². The number of hydrazine groups is 1. The van der Waals surface area contributed by atoms with E-state index in [1.807, 2.05) is 0 Å². The van der Waals surface area contributed by atoms with Gasteiger partial charge < -0.3 is 11.1 Å². The van der Waals surface area contributed by atoms with Gasteiger partial charge in [0.15, 0.2) is 0 Å². The van der Waals surface area contributed by atoms with E-state index < -0.39 is 23.9 Å². The zero-order valence-electron chi connectivity index (χ0n) is 11.3. The molecule has 1 rings (SSSR count). The molecule has 4 amide bonds. The number of urea groups is 1. The molecule has 0 heterocycles. The Bertz CT molecular complexity index is 488. The number of carbonyl (C=O) groups excluding carboxylic acids is 3. The Morgan fingerprint density at radius 2 is 1.65 bits per heavy atom. The molecule has 0 aliphatic carbocycles. The molecular formula is C13H18N4O3. The van der Waals surface area contributed by atoms with Crippen molar-refractivity contribution in [2.45, 2.75) is 19.9 Å². The molecule has 0 saturated heterocycles. The molecule has 0 spiro atoms. The molecule has 0 saturated carbocycles. The van der Waals surface area contributed by atoms with E-state index in [1.54, 1.807) is 44.2 Å². The van der Waals surface area contributed by atoms with Crippen molar-refractivity contribution in [1.29, 1.82) is 0 Å². The van der Waals surface area contributed by atoms with Crippen LogP contribution in [0.3, 0.4) is 0 Å². The molecule has 0 bridgehead atoms. The maximum atomic E-state index is 11.9. The highest BCUT2D eigenvalue weighted by molar-refractivity contribution is 5.96. The lowest BCUT2D eigenvalue weighted by atomic mass is 10.0. The molecule has 1 aromatic rings. The standard InChI is InChI=1S/C13H18N4O3/c1-8(2)10(15-13(14)20)12(19)17-16-11(18)9-6-4-3-5-7-9/h3-8,10H,1-2H3,(H,16,18)(H,17,19)(H3,14,15,20). The van der Waals surface area contributed by atoms with Crippen LogP contribution in [0.2, 0.25) is 0 Å². The molecular weight excluding hydrogens is 260 g/mol. The van der Waals surface area contributed by atoms with Crippen LogP contribution in [0.15, 0.2) is 30.3 Å². The van der Waals surface area contributed by atoms with Crippen molar-refractivity contribution in [2.75, 3.05) is 0 Å². The van der Waals surface area contributed by atoms with Crippen LogP contribution >= 0.6 is 0 Å². The molecule has 7 heteroatoms. The monoisotopic (exact) mass is 278 g/mol. The normalized spacial score (nSPS) is 11.6. The van der Waals surface area contributed by atoms with E-state index in [0.29, 0.717) is 5.56 Å². The average molecular weight is 278 g/mol. The smallest absolute Gasteiger partial charge is 0.312 e. The fraction of sp³-hybridized carbons (Fsp3) is 0.308. The number of amides is 4. The van der Waals surface area contributed by atoms with E-state index in [4.69, 9.17) is 5.73 Å². The van der Waals surface area contributed by atoms with E-state index in [-0.39, 0.29) is 5.92 Å². The minimum atomic E-state index is -0.816. The summed E-state index contributed by atoms with van der Waals surface area (Å²) in [5.74, 6) is -1.15. The van der Waals surface area contributed by atoms with Crippen LogP contribution in [-0.4, -0.2) is 23.9 Å². The van der Waals surface area contributed by atoms with Gasteiger partial charge in [-0.15, -0.1) is 0 Å². The molecule has 0 radical (unpaired) electrons. The third kappa shape index (κ3) is 4.60. The Hall–Kier alpha value is -2.57. The Labute approximate surface area is 116 Å². The molecule has 1 atom stereocenters. The third-order valence-corrected chi connectivity index (χ3v) is 2.58. The summed E-state index contributed by atoms with van der Waals surface area (Å²) in [5, 5.41) is 2.32. The van der Waals surface area contributed by atoms with Crippen molar-refractivity contribution in [2.24, 2.45) is 11.7 Å². The number of hydrogen-bond acceptors (Lipinski definition) is 3. The number of rotatable bonds is 4. The molecule has 20 heavy (non-hydrogen) atoms. The number of nitrogens with one attached hydrogen (secondary N) is 3. The summed E-state index contributed by atoms with van der Waals surface area (Å²) in [6, 6.07) is 6.81. The SMILES string of the molecule is CC(C)C(NC(N)=O)C(=O)NNC(=O)c1ccccc1. The Balaban J connectivity index is 2.57. The Kier molecular flexibility index (Phi) is 5.52. The lowest BCUT2D eigenvalue weighted by molar-refractivity contribution is -0.124. The third-order valence-electron chi connectivity index (χ3n) is 2.58. The predicted molar refractivity (Wildman–Crippen MR) is 73.4 cm³/mol. The van der Waals surface area contributed by atoms with Crippen LogP contribution in [0.5, 0.6) is 0 Å². The first-order valence-electron chi connectivity index (χ1n) is 6.13. The molecule has 0 aliphatic rings. The number of carbonyl (C=O) groups is 3. The van der Waals surface area contributed by atoms with Gasteiger partial charge in [0.05, 0.1) is 0 Å². The van der Waals surface area contributed by atoms with Crippen LogP contribution in [0.1, 0.15) is 24.2 Å². The molecule has 1 unspecified atom stereocenters. The predicted octanol–water partition coefficient (Wildman–Crippen LogP) is 0.141. The second-order valence-corrected chi connectivity index (χ2v) is 4.54. The van der Waals surface area contributed by atoms with Crippen LogP contribution in [0.4, 0.5) is 4.79 Å². The number of benzene rings is 1. The molecule has 0 aliphatic heterocycles. The van der Waals surface area contributed by atoms with Crippen LogP contribution < -0.4 is 21.9 Å². The minimum Gasteiger partial charge on any atom is -0.352 e. The van der Waals surface area contributed by atoms with Gasteiger partial charge in [0, 0.05) is 5.56 Å². The first-order chi connectivity index (χ1) is 9.41. The van der Waals surface area contributed by atoms with Crippen LogP contribution in [-0.2, 0) is 4.79 Å². The summed E-state index contributed by atoms with van der Waals surface area (Å²) in [7, 11) is 0. The number of hydrogen-bond donors (Lipinski definition) is 4. The minimum absolute atomic E-state index is 0.170. The van der Waals surface area contributed by atoms with E-state index in [2.05, 4.69) is 16.2 Å². The fourth-order valence-electron chi connectivity index (χ4n) is 1.55. The Morgan fingerprint density at radius 3 is 2.15 bits per heavy atom. The zero-order valence-corrected chi connectivity index (χ0v) is 11.3. The molecule has 7 nitrogen and oxygen atoms in total. The molecule has 108 valence electrons. The van der Waals surface area contributed by atoms with Gasteiger partial charge in [-0.2, -0.15) is 0 Å². The quantitative estimate of drug-likeness (QED) is 0.587. The summed E-state index contributed by atoms with van der Waals surface area (Å²) < 4.78 is 0. The maximum absolute atomic E-state index is 11.9. The average Bonchev–Trinajstić information content (AvgIpc) is 2.42. The van der Waals surface area contributed by atoms with Crippen molar-refractivity contribution < 1.29 is 14.4 Å². The van der Waals surface area contributed by atoms with Crippen molar-refractivity contribution in [1.82, 2.24) is 16.2 Å². The second-order valence-electron chi connectivity index (χ2n) is 4.54. The summed E-state index contributed by atoms with van der Waals surface area (Å²) in [6.45, 7) is 3.50. The van der Waals surface area contributed by atoms with Gasteiger partial charge in [-0.05, 0) is 18.1 Å². The first kappa shape index (κ1) is 15.5. The van der Waals surface area contributed by atoms with E-state index in [1.165, 1.54) is 0 Å². The van der Waals surface area contributed by atoms with Crippen molar-refractivity contribution in [3.63, 3.8) is 0 Å². The van der Waals surface area contributed by atoms with Gasteiger partial charge >= 0.3 is 6.03 Å². The summed E-state index contributed by atoms with van der Waals surface area (Å²) in [5.41, 5.74) is 9.95. The van der Waals surface area contributed by atoms with Gasteiger partial charge in [0.1, 0.15) is 6.04 Å². The van der Waals surface area contributed by atoms with Gasteiger partial charge in [-0.1, -0.05) is 32.0 Å². The highest BCUT2D eigenvalue weighted by Gasteiger charge is 2.23. The van der Waals surface area contributed by atoms with Crippen LogP contribution in [0.25, 0.3) is 0 Å².